The molecular weight excluding hydrogens is 450 g/mol. The van der Waals surface area contributed by atoms with E-state index in [0.29, 0.717) is 43.1 Å². The summed E-state index contributed by atoms with van der Waals surface area (Å²) in [4.78, 5) is 19.1. The van der Waals surface area contributed by atoms with E-state index in [1.807, 2.05) is 25.7 Å². The first-order valence-electron chi connectivity index (χ1n) is 11.7. The van der Waals surface area contributed by atoms with E-state index < -0.39 is 10.0 Å². The minimum atomic E-state index is -3.85. The predicted octanol–water partition coefficient (Wildman–Crippen LogP) is 5.33. The van der Waals surface area contributed by atoms with Crippen LogP contribution < -0.4 is 4.31 Å². The summed E-state index contributed by atoms with van der Waals surface area (Å²) in [6, 6.07) is 10.0. The highest BCUT2D eigenvalue weighted by molar-refractivity contribution is 7.92. The minimum Gasteiger partial charge on any atom is -0.464 e. The van der Waals surface area contributed by atoms with Gasteiger partial charge in [0.15, 0.2) is 0 Å². The molecule has 0 bridgehead atoms. The monoisotopic (exact) mass is 485 g/mol. The van der Waals surface area contributed by atoms with Crippen LogP contribution in [0.2, 0.25) is 0 Å². The Kier molecular flexibility index (Phi) is 8.02. The molecule has 2 heterocycles. The van der Waals surface area contributed by atoms with Crippen molar-refractivity contribution in [3.05, 3.63) is 55.1 Å². The van der Waals surface area contributed by atoms with Crippen LogP contribution in [-0.2, 0) is 14.8 Å². The van der Waals surface area contributed by atoms with Gasteiger partial charge in [0.1, 0.15) is 5.58 Å². The number of benzene rings is 1. The first-order valence-corrected chi connectivity index (χ1v) is 13.1. The third kappa shape index (κ3) is 6.59. The molecular formula is C26H35N3O4S. The number of furan rings is 1. The molecule has 0 atom stereocenters. The van der Waals surface area contributed by atoms with Crippen molar-refractivity contribution >= 4 is 32.6 Å². The molecule has 0 aliphatic rings. The van der Waals surface area contributed by atoms with Gasteiger partial charge in [0, 0.05) is 37.6 Å². The van der Waals surface area contributed by atoms with Crippen molar-refractivity contribution in [1.29, 1.82) is 0 Å². The lowest BCUT2D eigenvalue weighted by Crippen LogP contribution is -2.39. The molecule has 1 amide bonds. The van der Waals surface area contributed by atoms with Gasteiger partial charge < -0.3 is 9.32 Å². The van der Waals surface area contributed by atoms with Crippen molar-refractivity contribution in [1.82, 2.24) is 9.88 Å². The topological polar surface area (TPSA) is 83.7 Å². The van der Waals surface area contributed by atoms with Crippen molar-refractivity contribution < 1.29 is 17.6 Å². The summed E-state index contributed by atoms with van der Waals surface area (Å²) in [6.45, 7) is 11.7. The first kappa shape index (κ1) is 25.7. The number of carbonyl (C=O) groups is 1. The smallest absolute Gasteiger partial charge is 0.264 e. The van der Waals surface area contributed by atoms with Gasteiger partial charge in [0.25, 0.3) is 10.0 Å². The zero-order valence-corrected chi connectivity index (χ0v) is 21.5. The van der Waals surface area contributed by atoms with Gasteiger partial charge in [0.2, 0.25) is 5.91 Å². The number of pyridine rings is 1. The van der Waals surface area contributed by atoms with E-state index in [4.69, 9.17) is 4.42 Å². The lowest BCUT2D eigenvalue weighted by molar-refractivity contribution is -0.133. The van der Waals surface area contributed by atoms with Gasteiger partial charge in [-0.15, -0.1) is 0 Å². The normalized spacial score (nSPS) is 12.3. The molecule has 1 aromatic carbocycles. The molecule has 0 spiro atoms. The number of aromatic nitrogens is 1. The van der Waals surface area contributed by atoms with E-state index in [0.717, 1.165) is 5.39 Å². The highest BCUT2D eigenvalue weighted by Gasteiger charge is 2.27. The van der Waals surface area contributed by atoms with Gasteiger partial charge >= 0.3 is 0 Å². The molecule has 3 aromatic rings. The molecule has 7 nitrogen and oxygen atoms in total. The number of rotatable bonds is 10. The molecule has 34 heavy (non-hydrogen) atoms. The summed E-state index contributed by atoms with van der Waals surface area (Å²) in [5.74, 6) is 0.422. The van der Waals surface area contributed by atoms with Crippen molar-refractivity contribution in [3.63, 3.8) is 0 Å². The second-order valence-corrected chi connectivity index (χ2v) is 12.1. The van der Waals surface area contributed by atoms with Crippen LogP contribution in [0.3, 0.4) is 0 Å². The largest absolute Gasteiger partial charge is 0.464 e. The highest BCUT2D eigenvalue weighted by atomic mass is 32.2. The Balaban J connectivity index is 1.83. The average molecular weight is 486 g/mol. The maximum absolute atomic E-state index is 13.7. The molecule has 0 radical (unpaired) electrons. The Morgan fingerprint density at radius 1 is 1.12 bits per heavy atom. The number of fused-ring (bicyclic) bond motifs is 1. The number of hydrogen-bond donors (Lipinski definition) is 0. The number of carbonyl (C=O) groups excluding carboxylic acids is 1. The van der Waals surface area contributed by atoms with Crippen LogP contribution in [0.4, 0.5) is 5.69 Å². The second kappa shape index (κ2) is 10.6. The SMILES string of the molecule is CC(C)CN(CCCN(c1cccnc1)S(=O)(=O)c1ccc2occc2c1)C(=O)CC(C)(C)C. The van der Waals surface area contributed by atoms with E-state index >= 15 is 0 Å². The quantitative estimate of drug-likeness (QED) is 0.387. The Morgan fingerprint density at radius 2 is 1.88 bits per heavy atom. The third-order valence-corrected chi connectivity index (χ3v) is 7.18. The van der Waals surface area contributed by atoms with E-state index in [1.165, 1.54) is 10.6 Å². The molecule has 0 fully saturated rings. The fourth-order valence-electron chi connectivity index (χ4n) is 3.85. The highest BCUT2D eigenvalue weighted by Crippen LogP contribution is 2.27. The number of hydrogen-bond acceptors (Lipinski definition) is 5. The molecule has 0 aliphatic heterocycles. The maximum Gasteiger partial charge on any atom is 0.264 e. The Labute approximate surface area is 202 Å². The molecule has 2 aromatic heterocycles. The van der Waals surface area contributed by atoms with Crippen LogP contribution in [0.15, 0.2) is 64.4 Å². The van der Waals surface area contributed by atoms with Gasteiger partial charge in [0.05, 0.1) is 23.0 Å². The molecule has 184 valence electrons. The Hall–Kier alpha value is -2.87. The van der Waals surface area contributed by atoms with E-state index in [9.17, 15) is 13.2 Å². The van der Waals surface area contributed by atoms with Crippen LogP contribution >= 0.6 is 0 Å². The van der Waals surface area contributed by atoms with Gasteiger partial charge in [-0.25, -0.2) is 8.42 Å². The number of amides is 1. The minimum absolute atomic E-state index is 0.0994. The van der Waals surface area contributed by atoms with Gasteiger partial charge in [-0.05, 0) is 54.2 Å². The molecule has 0 saturated heterocycles. The van der Waals surface area contributed by atoms with Gasteiger partial charge in [-0.2, -0.15) is 0 Å². The zero-order valence-electron chi connectivity index (χ0n) is 20.7. The van der Waals surface area contributed by atoms with Crippen molar-refractivity contribution in [2.75, 3.05) is 23.9 Å². The lowest BCUT2D eigenvalue weighted by Gasteiger charge is -2.30. The standard InChI is InChI=1S/C26H35N3O4S/c1-20(2)19-28(25(30)17-26(3,4)5)13-7-14-29(22-8-6-12-27-18-22)34(31,32)23-9-10-24-21(16-23)11-15-33-24/h6,8-12,15-16,18,20H,7,13-14,17,19H2,1-5H3. The molecule has 0 saturated carbocycles. The second-order valence-electron chi connectivity index (χ2n) is 10.2. The number of anilines is 1. The van der Waals surface area contributed by atoms with Gasteiger partial charge in [-0.3, -0.25) is 14.1 Å². The molecule has 0 unspecified atom stereocenters. The van der Waals surface area contributed by atoms with Crippen molar-refractivity contribution in [3.8, 4) is 0 Å². The fraction of sp³-hybridized carbons (Fsp3) is 0.462. The average Bonchev–Trinajstić information content (AvgIpc) is 3.23. The molecule has 3 rings (SSSR count). The van der Waals surface area contributed by atoms with E-state index in [-0.39, 0.29) is 22.8 Å². The molecule has 0 aliphatic carbocycles. The summed E-state index contributed by atoms with van der Waals surface area (Å²) < 4.78 is 34.1. The summed E-state index contributed by atoms with van der Waals surface area (Å²) >= 11 is 0. The van der Waals surface area contributed by atoms with E-state index in [2.05, 4.69) is 18.8 Å². The zero-order chi connectivity index (χ0) is 24.9. The summed E-state index contributed by atoms with van der Waals surface area (Å²) in [5, 5.41) is 0.725. The van der Waals surface area contributed by atoms with Crippen LogP contribution in [0.5, 0.6) is 0 Å². The van der Waals surface area contributed by atoms with Crippen LogP contribution in [0.25, 0.3) is 11.0 Å². The predicted molar refractivity (Wildman–Crippen MR) is 135 cm³/mol. The van der Waals surface area contributed by atoms with Gasteiger partial charge in [-0.1, -0.05) is 34.6 Å². The van der Waals surface area contributed by atoms with E-state index in [1.54, 1.807) is 48.8 Å². The maximum atomic E-state index is 13.7. The number of sulfonamides is 1. The first-order chi connectivity index (χ1) is 16.0. The third-order valence-electron chi connectivity index (χ3n) is 5.35. The summed E-state index contributed by atoms with van der Waals surface area (Å²) in [5.41, 5.74) is 1.02. The molecule has 0 N–H and O–H groups in total. The lowest BCUT2D eigenvalue weighted by atomic mass is 9.91. The van der Waals surface area contributed by atoms with Crippen molar-refractivity contribution in [2.24, 2.45) is 11.3 Å². The van der Waals surface area contributed by atoms with Crippen LogP contribution in [0.1, 0.15) is 47.5 Å². The summed E-state index contributed by atoms with van der Waals surface area (Å²) in [6.07, 6.45) is 5.66. The Bertz CT molecular complexity index is 1200. The van der Waals surface area contributed by atoms with Crippen LogP contribution in [0, 0.1) is 11.3 Å². The fourth-order valence-corrected chi connectivity index (χ4v) is 5.38. The summed E-state index contributed by atoms with van der Waals surface area (Å²) in [7, 11) is -3.85. The van der Waals surface area contributed by atoms with Crippen LogP contribution in [-0.4, -0.2) is 43.8 Å². The molecule has 8 heteroatoms. The number of nitrogens with zero attached hydrogens (tertiary/aromatic N) is 3. The van der Waals surface area contributed by atoms with Crippen molar-refractivity contribution in [2.45, 2.75) is 52.4 Å². The Morgan fingerprint density at radius 3 is 2.53 bits per heavy atom.